The van der Waals surface area contributed by atoms with E-state index in [-0.39, 0.29) is 36.8 Å². The van der Waals surface area contributed by atoms with Gasteiger partial charge in [0.1, 0.15) is 5.75 Å². The zero-order valence-corrected chi connectivity index (χ0v) is 19.4. The zero-order valence-electron chi connectivity index (χ0n) is 26.4. The van der Waals surface area contributed by atoms with Crippen molar-refractivity contribution in [2.75, 3.05) is 0 Å². The minimum absolute atomic E-state index is 0.000324. The number of aryl methyl sites for hydroxylation is 1. The van der Waals surface area contributed by atoms with Crippen LogP contribution >= 0.6 is 0 Å². The number of aromatic nitrogens is 2. The Kier molecular flexibility index (Phi) is 5.04. The number of carbonyl (C=O) groups is 1. The van der Waals surface area contributed by atoms with E-state index < -0.39 is 31.4 Å². The molecule has 4 aromatic rings. The molecule has 0 aliphatic carbocycles. The predicted octanol–water partition coefficient (Wildman–Crippen LogP) is 7.09. The number of carbonyl (C=O) groups excluding carboxylic acids is 1. The van der Waals surface area contributed by atoms with Gasteiger partial charge in [0, 0.05) is 43.6 Å². The van der Waals surface area contributed by atoms with Crippen molar-refractivity contribution in [1.82, 2.24) is 9.55 Å². The lowest BCUT2D eigenvalue weighted by Crippen LogP contribution is -2.11. The zero-order chi connectivity index (χ0) is 31.0. The van der Waals surface area contributed by atoms with Crippen molar-refractivity contribution in [1.29, 1.82) is 0 Å². The molecule has 0 saturated carbocycles. The van der Waals surface area contributed by atoms with Crippen LogP contribution in [0.3, 0.4) is 0 Å². The third-order valence-corrected chi connectivity index (χ3v) is 5.79. The monoisotopic (exact) mass is 483 g/mol. The number of ketones is 1. The van der Waals surface area contributed by atoms with E-state index >= 15 is 0 Å². The molecule has 2 aromatic heterocycles. The Balaban J connectivity index is 1.85. The van der Waals surface area contributed by atoms with Crippen LogP contribution in [0.15, 0.2) is 60.8 Å². The first-order chi connectivity index (χ1) is 19.5. The molecule has 0 unspecified atom stereocenters. The Bertz CT molecular complexity index is 1590. The van der Waals surface area contributed by atoms with E-state index in [4.69, 9.17) is 14.3 Å². The molecule has 6 heteroatoms. The van der Waals surface area contributed by atoms with Gasteiger partial charge in [0.2, 0.25) is 0 Å². The van der Waals surface area contributed by atoms with Crippen LogP contribution in [0.1, 0.15) is 76.8 Å². The lowest BCUT2D eigenvalue weighted by atomic mass is 9.96. The summed E-state index contributed by atoms with van der Waals surface area (Å²) in [7, 11) is 0. The first-order valence-electron chi connectivity index (χ1n) is 14.8. The van der Waals surface area contributed by atoms with E-state index in [1.807, 2.05) is 24.5 Å². The van der Waals surface area contributed by atoms with Crippen LogP contribution in [-0.4, -0.2) is 21.4 Å². The number of halogens is 2. The van der Waals surface area contributed by atoms with Crippen molar-refractivity contribution in [3.63, 3.8) is 0 Å². The van der Waals surface area contributed by atoms with Crippen molar-refractivity contribution in [2.24, 2.45) is 0 Å². The molecule has 0 N–H and O–H groups in total. The van der Waals surface area contributed by atoms with Crippen LogP contribution in [-0.2, 0) is 13.0 Å². The van der Waals surface area contributed by atoms with Crippen LogP contribution in [0.25, 0.3) is 10.9 Å². The molecule has 0 saturated heterocycles. The molecular formula is C29H30F2N2O2. The van der Waals surface area contributed by atoms with E-state index in [9.17, 15) is 13.6 Å². The maximum Gasteiger partial charge on any atom is 0.165 e. The summed E-state index contributed by atoms with van der Waals surface area (Å²) in [5.41, 5.74) is 2.64. The van der Waals surface area contributed by atoms with Gasteiger partial charge < -0.3 is 9.30 Å². The summed E-state index contributed by atoms with van der Waals surface area (Å²) in [5.74, 6) is -2.56. The second-order valence-electron chi connectivity index (χ2n) is 8.60. The Hall–Kier alpha value is -3.54. The fraction of sp³-hybridized carbons (Fsp3) is 0.310. The van der Waals surface area contributed by atoms with E-state index in [1.165, 1.54) is 24.3 Å². The average Bonchev–Trinajstić information content (AvgIpc) is 3.22. The fourth-order valence-corrected chi connectivity index (χ4v) is 4.33. The largest absolute Gasteiger partial charge is 0.491 e. The maximum absolute atomic E-state index is 13.8. The maximum atomic E-state index is 13.8. The molecule has 0 atom stereocenters. The van der Waals surface area contributed by atoms with E-state index in [1.54, 1.807) is 18.3 Å². The first-order valence-corrected chi connectivity index (χ1v) is 11.3. The van der Waals surface area contributed by atoms with Crippen molar-refractivity contribution in [2.45, 2.75) is 58.9 Å². The highest BCUT2D eigenvalue weighted by atomic mass is 19.2. The Morgan fingerprint density at radius 2 is 1.94 bits per heavy atom. The van der Waals surface area contributed by atoms with E-state index in [0.717, 1.165) is 12.1 Å². The highest BCUT2D eigenvalue weighted by Crippen LogP contribution is 2.35. The van der Waals surface area contributed by atoms with Gasteiger partial charge >= 0.3 is 0 Å². The molecule has 4 rings (SSSR count). The summed E-state index contributed by atoms with van der Waals surface area (Å²) in [6, 6.07) is 13.2. The number of rotatable bonds is 9. The van der Waals surface area contributed by atoms with Gasteiger partial charge in [-0.25, -0.2) is 8.78 Å². The van der Waals surface area contributed by atoms with Gasteiger partial charge in [-0.15, -0.1) is 0 Å². The van der Waals surface area contributed by atoms with Gasteiger partial charge in [0.25, 0.3) is 0 Å². The number of fused-ring (bicyclic) bond motifs is 1. The molecule has 0 fully saturated rings. The number of Topliss-reactive ketones (excluding diaryl/α,β-unsaturated/α-hetero) is 1. The predicted molar refractivity (Wildman–Crippen MR) is 134 cm³/mol. The van der Waals surface area contributed by atoms with Gasteiger partial charge in [0.15, 0.2) is 17.4 Å². The standard InChI is InChI=1S/C29H30F2N2O2/c1-18(2)29-28(27(34)13-9-20-8-12-24(30)25(31)15-20)23-11-10-22(35-19(3)4)16-26(23)33(29)17-21-7-5-6-14-32-21/h5-8,10-12,14-16,18-19H,9,13,17H2,1-4H3/i3D3,4D3,19D. The number of hydrogen-bond acceptors (Lipinski definition) is 3. The molecule has 0 aliphatic rings. The molecule has 2 heterocycles. The van der Waals surface area contributed by atoms with Crippen LogP contribution in [0.4, 0.5) is 8.78 Å². The normalized spacial score (nSPS) is 15.5. The Morgan fingerprint density at radius 3 is 2.63 bits per heavy atom. The van der Waals surface area contributed by atoms with Crippen LogP contribution in [0.5, 0.6) is 5.75 Å². The molecule has 2 aromatic carbocycles. The summed E-state index contributed by atoms with van der Waals surface area (Å²) < 4.78 is 88.8. The fourth-order valence-electron chi connectivity index (χ4n) is 4.33. The molecule has 4 nitrogen and oxygen atoms in total. The average molecular weight is 484 g/mol. The van der Waals surface area contributed by atoms with Crippen molar-refractivity contribution < 1.29 is 27.9 Å². The Morgan fingerprint density at radius 1 is 1.11 bits per heavy atom. The van der Waals surface area contributed by atoms with Crippen LogP contribution in [0.2, 0.25) is 0 Å². The molecule has 0 amide bonds. The van der Waals surface area contributed by atoms with Gasteiger partial charge in [-0.2, -0.15) is 0 Å². The van der Waals surface area contributed by atoms with E-state index in [2.05, 4.69) is 4.98 Å². The van der Waals surface area contributed by atoms with Gasteiger partial charge in [-0.05, 0) is 68.0 Å². The summed E-state index contributed by atoms with van der Waals surface area (Å²) in [5, 5.41) is 0.510. The first kappa shape index (κ1) is 17.0. The minimum atomic E-state index is -3.30. The molecule has 0 aliphatic heterocycles. The lowest BCUT2D eigenvalue weighted by Gasteiger charge is -2.15. The molecule has 0 spiro atoms. The van der Waals surface area contributed by atoms with E-state index in [0.29, 0.717) is 33.4 Å². The van der Waals surface area contributed by atoms with Gasteiger partial charge in [0.05, 0.1) is 25.2 Å². The molecule has 0 bridgehead atoms. The number of hydrogen-bond donors (Lipinski definition) is 0. The minimum Gasteiger partial charge on any atom is -0.491 e. The van der Waals surface area contributed by atoms with Crippen LogP contribution < -0.4 is 4.74 Å². The van der Waals surface area contributed by atoms with Crippen molar-refractivity contribution in [3.05, 3.63) is 94.9 Å². The highest BCUT2D eigenvalue weighted by molar-refractivity contribution is 6.10. The van der Waals surface area contributed by atoms with Crippen molar-refractivity contribution in [3.8, 4) is 5.75 Å². The molecule has 35 heavy (non-hydrogen) atoms. The number of ether oxygens (including phenoxy) is 1. The summed E-state index contributed by atoms with van der Waals surface area (Å²) in [6.07, 6.45) is -1.45. The number of pyridine rings is 1. The number of benzene rings is 2. The quantitative estimate of drug-likeness (QED) is 0.239. The van der Waals surface area contributed by atoms with Crippen LogP contribution in [0, 0.1) is 11.6 Å². The second-order valence-corrected chi connectivity index (χ2v) is 8.60. The highest BCUT2D eigenvalue weighted by Gasteiger charge is 2.25. The second kappa shape index (κ2) is 10.4. The lowest BCUT2D eigenvalue weighted by molar-refractivity contribution is 0.0982. The summed E-state index contributed by atoms with van der Waals surface area (Å²) in [4.78, 5) is 18.1. The molecule has 182 valence electrons. The third kappa shape index (κ3) is 5.42. The SMILES string of the molecule is [2H]C([2H])([2H])C([2H])(Oc1ccc2c(C(=O)CCc3ccc(F)c(F)c3)c(C(C)C)n(Cc3ccccn3)c2c1)C([2H])([2H])[2H]. The van der Waals surface area contributed by atoms with Gasteiger partial charge in [-0.1, -0.05) is 26.0 Å². The molecular weight excluding hydrogens is 446 g/mol. The Labute approximate surface area is 214 Å². The van der Waals surface area contributed by atoms with Gasteiger partial charge in [-0.3, -0.25) is 9.78 Å². The smallest absolute Gasteiger partial charge is 0.165 e. The summed E-state index contributed by atoms with van der Waals surface area (Å²) in [6.45, 7) is -2.55. The summed E-state index contributed by atoms with van der Waals surface area (Å²) >= 11 is 0. The van der Waals surface area contributed by atoms with Crippen molar-refractivity contribution >= 4 is 16.7 Å². The number of nitrogens with zero attached hydrogens (tertiary/aromatic N) is 2. The molecule has 0 radical (unpaired) electrons. The third-order valence-electron chi connectivity index (χ3n) is 5.79. The topological polar surface area (TPSA) is 44.1 Å².